The van der Waals surface area contributed by atoms with Crippen molar-refractivity contribution in [1.29, 1.82) is 0 Å². The molecule has 0 fully saturated rings. The van der Waals surface area contributed by atoms with Gasteiger partial charge in [0, 0.05) is 6.54 Å². The molecule has 0 saturated carbocycles. The highest BCUT2D eigenvalue weighted by Gasteiger charge is 2.15. The fourth-order valence-electron chi connectivity index (χ4n) is 2.76. The van der Waals surface area contributed by atoms with E-state index in [0.717, 1.165) is 11.1 Å². The zero-order valence-electron chi connectivity index (χ0n) is 14.3. The maximum atomic E-state index is 6.04. The second-order valence-electron chi connectivity index (χ2n) is 6.10. The number of aryl methyl sites for hydroxylation is 1. The summed E-state index contributed by atoms with van der Waals surface area (Å²) >= 11 is 6.04. The minimum atomic E-state index is 0.126. The van der Waals surface area contributed by atoms with Crippen molar-refractivity contribution in [3.05, 3.63) is 82.9 Å². The molecular weight excluding hydrogens is 348 g/mol. The van der Waals surface area contributed by atoms with E-state index in [-0.39, 0.29) is 5.28 Å². The molecule has 0 bridgehead atoms. The molecule has 0 atom stereocenters. The first-order valence-corrected chi connectivity index (χ1v) is 8.67. The Morgan fingerprint density at radius 3 is 2.50 bits per heavy atom. The zero-order chi connectivity index (χ0) is 17.9. The van der Waals surface area contributed by atoms with E-state index in [2.05, 4.69) is 46.1 Å². The van der Waals surface area contributed by atoms with Gasteiger partial charge in [0.25, 0.3) is 0 Å². The topological polar surface area (TPSA) is 52.8 Å². The van der Waals surface area contributed by atoms with Crippen LogP contribution in [0, 0.1) is 6.92 Å². The van der Waals surface area contributed by atoms with Crippen LogP contribution < -0.4 is 4.74 Å². The van der Waals surface area contributed by atoms with Crippen LogP contribution >= 0.6 is 11.6 Å². The summed E-state index contributed by atoms with van der Waals surface area (Å²) in [5.74, 6) is 0.438. The monoisotopic (exact) mass is 364 g/mol. The van der Waals surface area contributed by atoms with Gasteiger partial charge in [-0.25, -0.2) is 4.98 Å². The molecule has 26 heavy (non-hydrogen) atoms. The maximum absolute atomic E-state index is 6.04. The number of halogens is 1. The molecule has 2 aromatic heterocycles. The number of nitrogens with zero attached hydrogens (tertiary/aromatic N) is 4. The van der Waals surface area contributed by atoms with Crippen LogP contribution in [0.15, 0.2) is 60.9 Å². The summed E-state index contributed by atoms with van der Waals surface area (Å²) in [4.78, 5) is 12.8. The van der Waals surface area contributed by atoms with Gasteiger partial charge in [-0.15, -0.1) is 0 Å². The van der Waals surface area contributed by atoms with Crippen LogP contribution in [0.5, 0.6) is 5.88 Å². The van der Waals surface area contributed by atoms with E-state index >= 15 is 0 Å². The van der Waals surface area contributed by atoms with Crippen molar-refractivity contribution >= 4 is 22.8 Å². The van der Waals surface area contributed by atoms with Crippen LogP contribution in [0.1, 0.15) is 16.7 Å². The first kappa shape index (κ1) is 16.5. The largest absolute Gasteiger partial charge is 0.471 e. The lowest BCUT2D eigenvalue weighted by Crippen LogP contribution is -2.04. The molecule has 0 aliphatic carbocycles. The number of hydrogen-bond acceptors (Lipinski definition) is 4. The Bertz CT molecular complexity index is 1030. The molecule has 0 unspecified atom stereocenters. The quantitative estimate of drug-likeness (QED) is 0.492. The number of rotatable bonds is 5. The smallest absolute Gasteiger partial charge is 0.245 e. The molecule has 0 aliphatic rings. The normalized spacial score (nSPS) is 11.0. The molecule has 5 nitrogen and oxygen atoms in total. The van der Waals surface area contributed by atoms with Gasteiger partial charge in [0.15, 0.2) is 11.2 Å². The SMILES string of the molecule is Cc1ccc(Cn2cnc3nc(Cl)nc(OCc4ccccc4)c32)cc1. The third-order valence-corrected chi connectivity index (χ3v) is 4.27. The minimum Gasteiger partial charge on any atom is -0.471 e. The molecule has 2 aromatic carbocycles. The van der Waals surface area contributed by atoms with Crippen LogP contribution in [0.25, 0.3) is 11.2 Å². The highest BCUT2D eigenvalue weighted by atomic mass is 35.5. The molecule has 0 N–H and O–H groups in total. The van der Waals surface area contributed by atoms with Gasteiger partial charge in [-0.1, -0.05) is 60.2 Å². The standard InChI is InChI=1S/C20H17ClN4O/c1-14-7-9-15(10-8-14)11-25-13-22-18-17(25)19(24-20(21)23-18)26-12-16-5-3-2-4-6-16/h2-10,13H,11-12H2,1H3. The number of ether oxygens (including phenoxy) is 1. The first-order valence-electron chi connectivity index (χ1n) is 8.30. The van der Waals surface area contributed by atoms with Crippen molar-refractivity contribution in [2.45, 2.75) is 20.1 Å². The maximum Gasteiger partial charge on any atom is 0.245 e. The number of imidazole rings is 1. The van der Waals surface area contributed by atoms with Gasteiger partial charge in [0.1, 0.15) is 6.61 Å². The third-order valence-electron chi connectivity index (χ3n) is 4.10. The van der Waals surface area contributed by atoms with Crippen molar-refractivity contribution in [2.75, 3.05) is 0 Å². The molecule has 0 spiro atoms. The summed E-state index contributed by atoms with van der Waals surface area (Å²) in [5.41, 5.74) is 4.72. The van der Waals surface area contributed by atoms with Crippen LogP contribution in [-0.4, -0.2) is 19.5 Å². The average Bonchev–Trinajstić information content (AvgIpc) is 3.05. The molecule has 0 radical (unpaired) electrons. The molecule has 0 saturated heterocycles. The van der Waals surface area contributed by atoms with Crippen LogP contribution in [0.2, 0.25) is 5.28 Å². The third kappa shape index (κ3) is 3.53. The predicted molar refractivity (Wildman–Crippen MR) is 101 cm³/mol. The van der Waals surface area contributed by atoms with Crippen molar-refractivity contribution in [3.8, 4) is 5.88 Å². The lowest BCUT2D eigenvalue weighted by Gasteiger charge is -2.10. The Balaban J connectivity index is 1.67. The zero-order valence-corrected chi connectivity index (χ0v) is 15.0. The second-order valence-corrected chi connectivity index (χ2v) is 6.44. The van der Waals surface area contributed by atoms with Gasteiger partial charge in [-0.05, 0) is 29.7 Å². The Labute approximate surface area is 156 Å². The molecular formula is C20H17ClN4O. The molecule has 0 amide bonds. The second kappa shape index (κ2) is 7.14. The van der Waals surface area contributed by atoms with E-state index in [0.29, 0.717) is 24.7 Å². The first-order chi connectivity index (χ1) is 12.7. The van der Waals surface area contributed by atoms with E-state index in [1.54, 1.807) is 6.33 Å². The van der Waals surface area contributed by atoms with Crippen LogP contribution in [0.3, 0.4) is 0 Å². The summed E-state index contributed by atoms with van der Waals surface area (Å²) < 4.78 is 7.93. The van der Waals surface area contributed by atoms with E-state index in [1.165, 1.54) is 11.1 Å². The average molecular weight is 365 g/mol. The van der Waals surface area contributed by atoms with Crippen molar-refractivity contribution in [1.82, 2.24) is 19.5 Å². The van der Waals surface area contributed by atoms with Crippen LogP contribution in [-0.2, 0) is 13.2 Å². The Kier molecular flexibility index (Phi) is 4.54. The van der Waals surface area contributed by atoms with Gasteiger partial charge in [0.2, 0.25) is 11.2 Å². The van der Waals surface area contributed by atoms with E-state index in [4.69, 9.17) is 16.3 Å². The number of fused-ring (bicyclic) bond motifs is 1. The molecule has 2 heterocycles. The number of aromatic nitrogens is 4. The highest BCUT2D eigenvalue weighted by molar-refractivity contribution is 6.28. The van der Waals surface area contributed by atoms with Crippen molar-refractivity contribution in [2.24, 2.45) is 0 Å². The van der Waals surface area contributed by atoms with Gasteiger partial charge in [0.05, 0.1) is 6.33 Å². The fourth-order valence-corrected chi connectivity index (χ4v) is 2.91. The van der Waals surface area contributed by atoms with E-state index < -0.39 is 0 Å². The molecule has 4 aromatic rings. The fraction of sp³-hybridized carbons (Fsp3) is 0.150. The Hall–Kier alpha value is -2.92. The highest BCUT2D eigenvalue weighted by Crippen LogP contribution is 2.25. The summed E-state index contributed by atoms with van der Waals surface area (Å²) in [6.07, 6.45) is 1.74. The lowest BCUT2D eigenvalue weighted by molar-refractivity contribution is 0.296. The van der Waals surface area contributed by atoms with Crippen molar-refractivity contribution < 1.29 is 4.74 Å². The Morgan fingerprint density at radius 1 is 0.962 bits per heavy atom. The van der Waals surface area contributed by atoms with E-state index in [1.807, 2.05) is 34.9 Å². The summed E-state index contributed by atoms with van der Waals surface area (Å²) in [6, 6.07) is 18.3. The summed E-state index contributed by atoms with van der Waals surface area (Å²) in [7, 11) is 0. The van der Waals surface area contributed by atoms with Gasteiger partial charge < -0.3 is 9.30 Å². The van der Waals surface area contributed by atoms with Crippen LogP contribution in [0.4, 0.5) is 0 Å². The summed E-state index contributed by atoms with van der Waals surface area (Å²) in [6.45, 7) is 3.13. The Morgan fingerprint density at radius 2 is 1.73 bits per heavy atom. The summed E-state index contributed by atoms with van der Waals surface area (Å²) in [5, 5.41) is 0.126. The molecule has 130 valence electrons. The predicted octanol–water partition coefficient (Wildman–Crippen LogP) is 4.42. The van der Waals surface area contributed by atoms with Crippen molar-refractivity contribution in [3.63, 3.8) is 0 Å². The van der Waals surface area contributed by atoms with Gasteiger partial charge in [-0.2, -0.15) is 9.97 Å². The van der Waals surface area contributed by atoms with E-state index in [9.17, 15) is 0 Å². The van der Waals surface area contributed by atoms with Gasteiger partial charge in [-0.3, -0.25) is 0 Å². The number of benzene rings is 2. The molecule has 6 heteroatoms. The number of hydrogen-bond donors (Lipinski definition) is 0. The lowest BCUT2D eigenvalue weighted by atomic mass is 10.1. The van der Waals surface area contributed by atoms with Gasteiger partial charge >= 0.3 is 0 Å². The molecule has 4 rings (SSSR count). The molecule has 0 aliphatic heterocycles. The minimum absolute atomic E-state index is 0.126.